The van der Waals surface area contributed by atoms with Gasteiger partial charge in [-0.2, -0.15) is 0 Å². The Balaban J connectivity index is 2.39. The number of nitrogens with one attached hydrogen (secondary N) is 1. The fourth-order valence-corrected chi connectivity index (χ4v) is 1.65. The van der Waals surface area contributed by atoms with Gasteiger partial charge in [-0.1, -0.05) is 31.5 Å². The quantitative estimate of drug-likeness (QED) is 0.757. The summed E-state index contributed by atoms with van der Waals surface area (Å²) in [7, 11) is 0. The van der Waals surface area contributed by atoms with E-state index in [1.54, 1.807) is 12.1 Å². The zero-order chi connectivity index (χ0) is 12.7. The van der Waals surface area contributed by atoms with Crippen LogP contribution < -0.4 is 10.1 Å². The molecule has 1 aromatic carbocycles. The largest absolute Gasteiger partial charge is 0.489 e. The van der Waals surface area contributed by atoms with Crippen molar-refractivity contribution in [3.05, 3.63) is 29.0 Å². The predicted octanol–water partition coefficient (Wildman–Crippen LogP) is 3.49. The maximum atomic E-state index is 13.4. The van der Waals surface area contributed by atoms with Crippen LogP contribution in [0, 0.1) is 11.7 Å². The van der Waals surface area contributed by atoms with Crippen LogP contribution >= 0.6 is 11.6 Å². The molecule has 0 aliphatic carbocycles. The zero-order valence-electron chi connectivity index (χ0n) is 10.3. The second-order valence-electron chi connectivity index (χ2n) is 4.17. The number of hydrogen-bond donors (Lipinski definition) is 1. The van der Waals surface area contributed by atoms with Gasteiger partial charge >= 0.3 is 0 Å². The molecule has 0 heterocycles. The van der Waals surface area contributed by atoms with E-state index in [9.17, 15) is 4.39 Å². The van der Waals surface area contributed by atoms with E-state index in [2.05, 4.69) is 19.2 Å². The van der Waals surface area contributed by atoms with Gasteiger partial charge in [0.05, 0.1) is 11.6 Å². The van der Waals surface area contributed by atoms with Crippen LogP contribution in [0.2, 0.25) is 5.02 Å². The molecule has 0 radical (unpaired) electrons. The fraction of sp³-hybridized carbons (Fsp3) is 0.538. The standard InChI is InChI=1S/C13H19ClFNO/c1-3-7-16-8-10(2)9-17-13-11(14)5-4-6-12(13)15/h4-6,10,16H,3,7-9H2,1-2H3. The Bertz CT molecular complexity index is 326. The molecule has 1 aromatic rings. The molecule has 0 spiro atoms. The van der Waals surface area contributed by atoms with Crippen molar-refractivity contribution < 1.29 is 9.13 Å². The first-order chi connectivity index (χ1) is 8.15. The second-order valence-corrected chi connectivity index (χ2v) is 4.58. The Morgan fingerprint density at radius 1 is 1.47 bits per heavy atom. The molecule has 0 amide bonds. The van der Waals surface area contributed by atoms with Crippen LogP contribution in [-0.2, 0) is 0 Å². The average Bonchev–Trinajstić information content (AvgIpc) is 2.29. The second kappa shape index (κ2) is 7.51. The van der Waals surface area contributed by atoms with E-state index in [-0.39, 0.29) is 5.75 Å². The first kappa shape index (κ1) is 14.3. The highest BCUT2D eigenvalue weighted by Gasteiger charge is 2.10. The van der Waals surface area contributed by atoms with Gasteiger partial charge in [0.1, 0.15) is 0 Å². The third-order valence-electron chi connectivity index (χ3n) is 2.35. The molecule has 0 aliphatic heterocycles. The van der Waals surface area contributed by atoms with Gasteiger partial charge in [-0.3, -0.25) is 0 Å². The van der Waals surface area contributed by atoms with Crippen molar-refractivity contribution in [3.8, 4) is 5.75 Å². The van der Waals surface area contributed by atoms with Gasteiger partial charge in [-0.25, -0.2) is 4.39 Å². The van der Waals surface area contributed by atoms with E-state index in [1.165, 1.54) is 6.07 Å². The van der Waals surface area contributed by atoms with Crippen LogP contribution in [-0.4, -0.2) is 19.7 Å². The molecule has 0 aliphatic rings. The summed E-state index contributed by atoms with van der Waals surface area (Å²) in [5.74, 6) is 0.0555. The Labute approximate surface area is 107 Å². The molecule has 1 unspecified atom stereocenters. The van der Waals surface area contributed by atoms with Crippen molar-refractivity contribution in [2.75, 3.05) is 19.7 Å². The normalized spacial score (nSPS) is 12.5. The zero-order valence-corrected chi connectivity index (χ0v) is 11.1. The monoisotopic (exact) mass is 259 g/mol. The summed E-state index contributed by atoms with van der Waals surface area (Å²) in [5.41, 5.74) is 0. The smallest absolute Gasteiger partial charge is 0.173 e. The summed E-state index contributed by atoms with van der Waals surface area (Å²) in [6, 6.07) is 4.54. The molecule has 1 N–H and O–H groups in total. The topological polar surface area (TPSA) is 21.3 Å². The Hall–Kier alpha value is -0.800. The molecule has 0 aromatic heterocycles. The van der Waals surface area contributed by atoms with Crippen LogP contribution in [0.4, 0.5) is 4.39 Å². The number of halogens is 2. The van der Waals surface area contributed by atoms with Crippen molar-refractivity contribution in [1.29, 1.82) is 0 Å². The van der Waals surface area contributed by atoms with Crippen molar-refractivity contribution in [2.45, 2.75) is 20.3 Å². The third kappa shape index (κ3) is 4.92. The lowest BCUT2D eigenvalue weighted by Crippen LogP contribution is -2.25. The molecule has 17 heavy (non-hydrogen) atoms. The number of para-hydroxylation sites is 1. The van der Waals surface area contributed by atoms with E-state index >= 15 is 0 Å². The molecule has 1 rings (SSSR count). The summed E-state index contributed by atoms with van der Waals surface area (Å²) in [5, 5.41) is 3.61. The molecule has 96 valence electrons. The highest BCUT2D eigenvalue weighted by Crippen LogP contribution is 2.27. The van der Waals surface area contributed by atoms with E-state index in [0.717, 1.165) is 19.5 Å². The summed E-state index contributed by atoms with van der Waals surface area (Å²) in [4.78, 5) is 0. The lowest BCUT2D eigenvalue weighted by Gasteiger charge is -2.14. The number of hydrogen-bond acceptors (Lipinski definition) is 2. The van der Waals surface area contributed by atoms with Crippen LogP contribution in [0.25, 0.3) is 0 Å². The summed E-state index contributed by atoms with van der Waals surface area (Å²) >= 11 is 5.86. The van der Waals surface area contributed by atoms with Gasteiger partial charge in [-0.05, 0) is 25.1 Å². The highest BCUT2D eigenvalue weighted by molar-refractivity contribution is 6.32. The first-order valence-electron chi connectivity index (χ1n) is 5.92. The van der Waals surface area contributed by atoms with Gasteiger partial charge in [0.2, 0.25) is 0 Å². The van der Waals surface area contributed by atoms with E-state index < -0.39 is 5.82 Å². The number of rotatable bonds is 7. The van der Waals surface area contributed by atoms with E-state index in [4.69, 9.17) is 16.3 Å². The van der Waals surface area contributed by atoms with E-state index in [0.29, 0.717) is 17.5 Å². The van der Waals surface area contributed by atoms with Crippen molar-refractivity contribution in [1.82, 2.24) is 5.32 Å². The molecular weight excluding hydrogens is 241 g/mol. The molecule has 0 saturated carbocycles. The molecule has 1 atom stereocenters. The van der Waals surface area contributed by atoms with Crippen LogP contribution in [0.15, 0.2) is 18.2 Å². The minimum atomic E-state index is -0.411. The molecule has 4 heteroatoms. The fourth-order valence-electron chi connectivity index (χ4n) is 1.43. The van der Waals surface area contributed by atoms with Crippen molar-refractivity contribution in [3.63, 3.8) is 0 Å². The average molecular weight is 260 g/mol. The SMILES string of the molecule is CCCNCC(C)COc1c(F)cccc1Cl. The van der Waals surface area contributed by atoms with Crippen LogP contribution in [0.5, 0.6) is 5.75 Å². The van der Waals surface area contributed by atoms with Crippen molar-refractivity contribution >= 4 is 11.6 Å². The lowest BCUT2D eigenvalue weighted by atomic mass is 10.2. The molecule has 2 nitrogen and oxygen atoms in total. The molecule has 0 saturated heterocycles. The molecule has 0 bridgehead atoms. The van der Waals surface area contributed by atoms with Gasteiger partial charge in [-0.15, -0.1) is 0 Å². The maximum absolute atomic E-state index is 13.4. The van der Waals surface area contributed by atoms with Gasteiger partial charge in [0, 0.05) is 12.5 Å². The van der Waals surface area contributed by atoms with Crippen LogP contribution in [0.3, 0.4) is 0 Å². The van der Waals surface area contributed by atoms with Crippen LogP contribution in [0.1, 0.15) is 20.3 Å². The van der Waals surface area contributed by atoms with Gasteiger partial charge in [0.25, 0.3) is 0 Å². The minimum Gasteiger partial charge on any atom is -0.489 e. The Morgan fingerprint density at radius 3 is 2.88 bits per heavy atom. The molecular formula is C13H19ClFNO. The Kier molecular flexibility index (Phi) is 6.30. The summed E-state index contributed by atoms with van der Waals surface area (Å²) in [6.45, 7) is 6.48. The van der Waals surface area contributed by atoms with Gasteiger partial charge < -0.3 is 10.1 Å². The van der Waals surface area contributed by atoms with E-state index in [1.807, 2.05) is 0 Å². The first-order valence-corrected chi connectivity index (χ1v) is 6.30. The Morgan fingerprint density at radius 2 is 2.24 bits per heavy atom. The number of ether oxygens (including phenoxy) is 1. The predicted molar refractivity (Wildman–Crippen MR) is 69.2 cm³/mol. The summed E-state index contributed by atoms with van der Waals surface area (Å²) in [6.07, 6.45) is 1.10. The summed E-state index contributed by atoms with van der Waals surface area (Å²) < 4.78 is 18.8. The maximum Gasteiger partial charge on any atom is 0.173 e. The van der Waals surface area contributed by atoms with Gasteiger partial charge in [0.15, 0.2) is 11.6 Å². The number of benzene rings is 1. The molecule has 0 fully saturated rings. The third-order valence-corrected chi connectivity index (χ3v) is 2.65. The lowest BCUT2D eigenvalue weighted by molar-refractivity contribution is 0.246. The van der Waals surface area contributed by atoms with Crippen molar-refractivity contribution in [2.24, 2.45) is 5.92 Å². The highest BCUT2D eigenvalue weighted by atomic mass is 35.5. The minimum absolute atomic E-state index is 0.150.